The van der Waals surface area contributed by atoms with Gasteiger partial charge in [-0.2, -0.15) is 0 Å². The Labute approximate surface area is 239 Å². The van der Waals surface area contributed by atoms with Crippen LogP contribution in [0.2, 0.25) is 5.02 Å². The molecule has 0 unspecified atom stereocenters. The van der Waals surface area contributed by atoms with Gasteiger partial charge in [0, 0.05) is 42.5 Å². The van der Waals surface area contributed by atoms with Crippen LogP contribution in [0.4, 0.5) is 5.82 Å². The number of rotatable bonds is 7. The lowest BCUT2D eigenvalue weighted by atomic mass is 9.82. The van der Waals surface area contributed by atoms with E-state index < -0.39 is 5.97 Å². The maximum Gasteiger partial charge on any atom is 0.343 e. The highest BCUT2D eigenvalue weighted by molar-refractivity contribution is 6.33. The first-order chi connectivity index (χ1) is 19.3. The molecule has 0 bridgehead atoms. The van der Waals surface area contributed by atoms with Crippen LogP contribution in [0.3, 0.4) is 0 Å². The molecule has 1 amide bonds. The van der Waals surface area contributed by atoms with E-state index in [4.69, 9.17) is 30.7 Å². The third-order valence-electron chi connectivity index (χ3n) is 8.10. The average Bonchev–Trinajstić information content (AvgIpc) is 3.53. The lowest BCUT2D eigenvalue weighted by molar-refractivity contribution is -0.124. The molecule has 1 aliphatic carbocycles. The van der Waals surface area contributed by atoms with Gasteiger partial charge in [-0.1, -0.05) is 29.7 Å². The van der Waals surface area contributed by atoms with Crippen molar-refractivity contribution in [2.45, 2.75) is 72.3 Å². The second kappa shape index (κ2) is 12.1. The molecule has 0 spiro atoms. The van der Waals surface area contributed by atoms with Gasteiger partial charge in [-0.25, -0.2) is 9.48 Å². The van der Waals surface area contributed by atoms with Crippen molar-refractivity contribution < 1.29 is 23.6 Å². The summed E-state index contributed by atoms with van der Waals surface area (Å²) >= 11 is 6.74. The number of carbonyl (C=O) groups is 2. The number of carbonyl (C=O) groups excluding carboxylic acids is 2. The van der Waals surface area contributed by atoms with Gasteiger partial charge in [-0.15, -0.1) is 5.10 Å². The standard InChI is InChI=1S/C30H37ClN4O5/c1-5-39-30(37)25-17-34(23-10-11-24(26(31)16-23)27-19(3)33-40-20(27)4)32-28(25)35(22-12-14-38-15-13-22)29(36)21-8-6-18(2)7-9-21/h10-11,16-18,21-22H,5-9,12-15H2,1-4H3. The van der Waals surface area contributed by atoms with Gasteiger partial charge in [0.25, 0.3) is 0 Å². The fourth-order valence-electron chi connectivity index (χ4n) is 5.85. The van der Waals surface area contributed by atoms with Crippen LogP contribution in [0, 0.1) is 25.7 Å². The van der Waals surface area contributed by atoms with E-state index in [1.54, 1.807) is 28.8 Å². The molecule has 1 saturated heterocycles. The number of anilines is 1. The number of ether oxygens (including phenoxy) is 2. The molecule has 1 aliphatic heterocycles. The van der Waals surface area contributed by atoms with Crippen molar-refractivity contribution >= 4 is 29.3 Å². The molecule has 3 aromatic rings. The molecule has 2 aliphatic rings. The summed E-state index contributed by atoms with van der Waals surface area (Å²) in [4.78, 5) is 29.1. The molecular formula is C30H37ClN4O5. The zero-order valence-corrected chi connectivity index (χ0v) is 24.4. The van der Waals surface area contributed by atoms with Gasteiger partial charge in [0.15, 0.2) is 5.82 Å². The molecule has 5 rings (SSSR count). The molecule has 1 saturated carbocycles. The van der Waals surface area contributed by atoms with Crippen LogP contribution in [0.5, 0.6) is 0 Å². The van der Waals surface area contributed by atoms with Crippen LogP contribution in [-0.4, -0.2) is 52.7 Å². The average molecular weight is 569 g/mol. The summed E-state index contributed by atoms with van der Waals surface area (Å²) < 4.78 is 18.0. The molecule has 40 heavy (non-hydrogen) atoms. The highest BCUT2D eigenvalue weighted by atomic mass is 35.5. The second-order valence-corrected chi connectivity index (χ2v) is 11.3. The Kier molecular flexibility index (Phi) is 8.61. The first-order valence-electron chi connectivity index (χ1n) is 14.2. The lowest BCUT2D eigenvalue weighted by Gasteiger charge is -2.37. The van der Waals surface area contributed by atoms with E-state index in [1.807, 2.05) is 26.0 Å². The summed E-state index contributed by atoms with van der Waals surface area (Å²) in [5, 5.41) is 9.39. The van der Waals surface area contributed by atoms with Crippen molar-refractivity contribution in [3.05, 3.63) is 46.4 Å². The Morgan fingerprint density at radius 3 is 2.48 bits per heavy atom. The fourth-order valence-corrected chi connectivity index (χ4v) is 6.12. The predicted molar refractivity (Wildman–Crippen MR) is 152 cm³/mol. The van der Waals surface area contributed by atoms with Gasteiger partial charge in [0.2, 0.25) is 5.91 Å². The van der Waals surface area contributed by atoms with E-state index in [0.29, 0.717) is 54.3 Å². The van der Waals surface area contributed by atoms with Crippen molar-refractivity contribution in [1.29, 1.82) is 0 Å². The monoisotopic (exact) mass is 568 g/mol. The van der Waals surface area contributed by atoms with Crippen molar-refractivity contribution in [2.24, 2.45) is 11.8 Å². The summed E-state index contributed by atoms with van der Waals surface area (Å²) in [7, 11) is 0. The molecule has 2 aromatic heterocycles. The molecule has 0 atom stereocenters. The van der Waals surface area contributed by atoms with E-state index in [2.05, 4.69) is 12.1 Å². The minimum absolute atomic E-state index is 0.0291. The van der Waals surface area contributed by atoms with Gasteiger partial charge < -0.3 is 14.0 Å². The van der Waals surface area contributed by atoms with Crippen LogP contribution >= 0.6 is 11.6 Å². The van der Waals surface area contributed by atoms with E-state index in [0.717, 1.165) is 42.5 Å². The van der Waals surface area contributed by atoms with Crippen molar-refractivity contribution in [3.8, 4) is 16.8 Å². The van der Waals surface area contributed by atoms with Crippen LogP contribution in [0.25, 0.3) is 16.8 Å². The minimum Gasteiger partial charge on any atom is -0.462 e. The lowest BCUT2D eigenvalue weighted by Crippen LogP contribution is -2.47. The summed E-state index contributed by atoms with van der Waals surface area (Å²) in [6.45, 7) is 9.05. The maximum absolute atomic E-state index is 14.1. The topological polar surface area (TPSA) is 99.7 Å². The van der Waals surface area contributed by atoms with Crippen LogP contribution in [0.15, 0.2) is 28.9 Å². The quantitative estimate of drug-likeness (QED) is 0.308. The van der Waals surface area contributed by atoms with Crippen molar-refractivity contribution in [3.63, 3.8) is 0 Å². The largest absolute Gasteiger partial charge is 0.462 e. The Morgan fingerprint density at radius 2 is 1.85 bits per heavy atom. The minimum atomic E-state index is -0.510. The number of aryl methyl sites for hydroxylation is 2. The third-order valence-corrected chi connectivity index (χ3v) is 8.41. The van der Waals surface area contributed by atoms with Crippen LogP contribution in [-0.2, 0) is 14.3 Å². The van der Waals surface area contributed by atoms with Gasteiger partial charge in [-0.05, 0) is 77.3 Å². The zero-order valence-electron chi connectivity index (χ0n) is 23.6. The number of nitrogens with zero attached hydrogens (tertiary/aromatic N) is 4. The smallest absolute Gasteiger partial charge is 0.343 e. The highest BCUT2D eigenvalue weighted by Gasteiger charge is 2.37. The van der Waals surface area contributed by atoms with Crippen LogP contribution < -0.4 is 4.90 Å². The number of benzene rings is 1. The summed E-state index contributed by atoms with van der Waals surface area (Å²) in [6, 6.07) is 5.45. The summed E-state index contributed by atoms with van der Waals surface area (Å²) in [5.41, 5.74) is 3.31. The molecular weight excluding hydrogens is 532 g/mol. The van der Waals surface area contributed by atoms with E-state index in [9.17, 15) is 9.59 Å². The fraction of sp³-hybridized carbons (Fsp3) is 0.533. The Morgan fingerprint density at radius 1 is 1.12 bits per heavy atom. The SMILES string of the molecule is CCOC(=O)c1cn(-c2ccc(-c3c(C)noc3C)c(Cl)c2)nc1N(C(=O)C1CCC(C)CC1)C1CCOCC1. The number of hydrogen-bond donors (Lipinski definition) is 0. The number of esters is 1. The molecule has 10 heteroatoms. The maximum atomic E-state index is 14.1. The summed E-state index contributed by atoms with van der Waals surface area (Å²) in [6.07, 6.45) is 6.73. The Bertz CT molecular complexity index is 1350. The number of aromatic nitrogens is 3. The van der Waals surface area contributed by atoms with E-state index in [-0.39, 0.29) is 30.0 Å². The third kappa shape index (κ3) is 5.67. The van der Waals surface area contributed by atoms with Crippen molar-refractivity contribution in [1.82, 2.24) is 14.9 Å². The van der Waals surface area contributed by atoms with E-state index in [1.165, 1.54) is 0 Å². The number of amides is 1. The molecule has 3 heterocycles. The van der Waals surface area contributed by atoms with Gasteiger partial charge in [-0.3, -0.25) is 9.69 Å². The van der Waals surface area contributed by atoms with Gasteiger partial charge in [0.05, 0.1) is 23.0 Å². The molecule has 1 aromatic carbocycles. The normalized spacial score (nSPS) is 19.9. The van der Waals surface area contributed by atoms with Gasteiger partial charge in [0.1, 0.15) is 11.3 Å². The Balaban J connectivity index is 1.56. The molecule has 9 nitrogen and oxygen atoms in total. The first-order valence-corrected chi connectivity index (χ1v) is 14.6. The zero-order chi connectivity index (χ0) is 28.4. The molecule has 0 radical (unpaired) electrons. The number of halogens is 1. The summed E-state index contributed by atoms with van der Waals surface area (Å²) in [5.74, 6) is 1.06. The predicted octanol–water partition coefficient (Wildman–Crippen LogP) is 6.31. The number of hydrogen-bond acceptors (Lipinski definition) is 7. The molecule has 2 fully saturated rings. The van der Waals surface area contributed by atoms with Crippen LogP contribution in [0.1, 0.15) is 74.2 Å². The first kappa shape index (κ1) is 28.4. The van der Waals surface area contributed by atoms with Crippen molar-refractivity contribution in [2.75, 3.05) is 24.7 Å². The highest BCUT2D eigenvalue weighted by Crippen LogP contribution is 2.36. The van der Waals surface area contributed by atoms with Gasteiger partial charge >= 0.3 is 5.97 Å². The molecule has 214 valence electrons. The van der Waals surface area contributed by atoms with E-state index >= 15 is 0 Å². The second-order valence-electron chi connectivity index (χ2n) is 10.9. The molecule has 0 N–H and O–H groups in total. The Hall–Kier alpha value is -3.17.